The lowest BCUT2D eigenvalue weighted by atomic mass is 10.00. The molecular formula is C18H17FN3O2S. The zero-order chi connectivity index (χ0) is 17.9. The van der Waals surface area contributed by atoms with Gasteiger partial charge in [0.05, 0.1) is 15.3 Å². The number of aromatic nitrogens is 1. The van der Waals surface area contributed by atoms with Gasteiger partial charge < -0.3 is 10.6 Å². The van der Waals surface area contributed by atoms with Crippen LogP contribution in [-0.4, -0.2) is 33.8 Å². The number of carbonyl (C=O) groups is 2. The van der Waals surface area contributed by atoms with E-state index in [1.165, 1.54) is 23.5 Å². The Balaban J connectivity index is 1.70. The quantitative estimate of drug-likeness (QED) is 0.916. The summed E-state index contributed by atoms with van der Waals surface area (Å²) in [5.74, 6) is -0.941. The summed E-state index contributed by atoms with van der Waals surface area (Å²) in [4.78, 5) is 31.6. The number of halogens is 1. The Labute approximate surface area is 148 Å². The van der Waals surface area contributed by atoms with Gasteiger partial charge in [0.25, 0.3) is 5.91 Å². The molecule has 2 amide bonds. The molecule has 129 valence electrons. The van der Waals surface area contributed by atoms with Gasteiger partial charge in [0.1, 0.15) is 11.5 Å². The molecule has 0 spiro atoms. The van der Waals surface area contributed by atoms with Crippen LogP contribution in [0, 0.1) is 25.1 Å². The van der Waals surface area contributed by atoms with Crippen LogP contribution in [0.3, 0.4) is 0 Å². The second-order valence-electron chi connectivity index (χ2n) is 6.73. The van der Waals surface area contributed by atoms with Gasteiger partial charge in [-0.15, -0.1) is 11.3 Å². The van der Waals surface area contributed by atoms with Crippen LogP contribution in [0.2, 0.25) is 0 Å². The SMILES string of the molecule is [CH2][C@H]1C[C@@]2(C(N)=O)C[C@@H]2N1C(=O)c1nc(C)sc1-c1ccc(F)cc1. The maximum Gasteiger partial charge on any atom is 0.274 e. The number of carbonyl (C=O) groups excluding carboxylic acids is 2. The van der Waals surface area contributed by atoms with E-state index in [-0.39, 0.29) is 29.7 Å². The van der Waals surface area contributed by atoms with Gasteiger partial charge in [-0.05, 0) is 44.4 Å². The Kier molecular flexibility index (Phi) is 3.47. The smallest absolute Gasteiger partial charge is 0.274 e. The van der Waals surface area contributed by atoms with E-state index in [1.54, 1.807) is 17.0 Å². The van der Waals surface area contributed by atoms with E-state index in [4.69, 9.17) is 5.73 Å². The molecule has 1 aromatic heterocycles. The topological polar surface area (TPSA) is 76.3 Å². The molecule has 1 aliphatic carbocycles. The average Bonchev–Trinajstić information content (AvgIpc) is 3.00. The van der Waals surface area contributed by atoms with Gasteiger partial charge in [0.2, 0.25) is 5.91 Å². The summed E-state index contributed by atoms with van der Waals surface area (Å²) in [6, 6.07) is 5.49. The number of amides is 2. The molecule has 2 fully saturated rings. The van der Waals surface area contributed by atoms with Crippen LogP contribution < -0.4 is 5.73 Å². The molecule has 2 N–H and O–H groups in total. The average molecular weight is 358 g/mol. The number of nitrogens with two attached hydrogens (primary N) is 1. The van der Waals surface area contributed by atoms with E-state index in [1.807, 2.05) is 6.92 Å². The first kappa shape index (κ1) is 16.2. The van der Waals surface area contributed by atoms with Crippen LogP contribution in [0.5, 0.6) is 0 Å². The van der Waals surface area contributed by atoms with E-state index in [0.29, 0.717) is 23.4 Å². The van der Waals surface area contributed by atoms with Gasteiger partial charge in [0, 0.05) is 12.1 Å². The van der Waals surface area contributed by atoms with Gasteiger partial charge >= 0.3 is 0 Å². The Morgan fingerprint density at radius 2 is 2.04 bits per heavy atom. The summed E-state index contributed by atoms with van der Waals surface area (Å²) >= 11 is 1.39. The molecule has 0 bridgehead atoms. The summed E-state index contributed by atoms with van der Waals surface area (Å²) in [6.45, 7) is 5.84. The van der Waals surface area contributed by atoms with E-state index in [9.17, 15) is 14.0 Å². The van der Waals surface area contributed by atoms with Crippen molar-refractivity contribution in [1.29, 1.82) is 0 Å². The minimum absolute atomic E-state index is 0.192. The van der Waals surface area contributed by atoms with Crippen molar-refractivity contribution in [2.75, 3.05) is 0 Å². The third kappa shape index (κ3) is 2.37. The van der Waals surface area contributed by atoms with Crippen molar-refractivity contribution in [1.82, 2.24) is 9.88 Å². The molecule has 2 aromatic rings. The van der Waals surface area contributed by atoms with E-state index >= 15 is 0 Å². The molecule has 2 heterocycles. The van der Waals surface area contributed by atoms with Crippen LogP contribution in [0.15, 0.2) is 24.3 Å². The summed E-state index contributed by atoms with van der Waals surface area (Å²) in [7, 11) is 0. The number of benzene rings is 1. The van der Waals surface area contributed by atoms with Crippen molar-refractivity contribution in [2.45, 2.75) is 31.8 Å². The highest BCUT2D eigenvalue weighted by atomic mass is 32.1. The Bertz CT molecular complexity index is 879. The Hall–Kier alpha value is -2.28. The highest BCUT2D eigenvalue weighted by Gasteiger charge is 2.68. The number of hydrogen-bond donors (Lipinski definition) is 1. The number of thiazole rings is 1. The molecule has 1 radical (unpaired) electrons. The fraction of sp³-hybridized carbons (Fsp3) is 0.333. The monoisotopic (exact) mass is 358 g/mol. The van der Waals surface area contributed by atoms with E-state index in [0.717, 1.165) is 10.6 Å². The highest BCUT2D eigenvalue weighted by molar-refractivity contribution is 7.15. The van der Waals surface area contributed by atoms with Crippen LogP contribution >= 0.6 is 11.3 Å². The van der Waals surface area contributed by atoms with E-state index < -0.39 is 5.41 Å². The number of rotatable bonds is 3. The number of fused-ring (bicyclic) bond motifs is 1. The first-order valence-corrected chi connectivity index (χ1v) is 8.84. The fourth-order valence-corrected chi connectivity index (χ4v) is 4.72. The predicted molar refractivity (Wildman–Crippen MR) is 92.2 cm³/mol. The number of piperidine rings is 1. The molecule has 2 aliphatic rings. The molecule has 1 saturated carbocycles. The van der Waals surface area contributed by atoms with Crippen molar-refractivity contribution in [3.63, 3.8) is 0 Å². The van der Waals surface area contributed by atoms with Crippen LogP contribution in [0.25, 0.3) is 10.4 Å². The van der Waals surface area contributed by atoms with Gasteiger partial charge in [-0.3, -0.25) is 9.59 Å². The molecule has 5 nitrogen and oxygen atoms in total. The fourth-order valence-electron chi connectivity index (χ4n) is 3.81. The molecule has 25 heavy (non-hydrogen) atoms. The Morgan fingerprint density at radius 3 is 2.64 bits per heavy atom. The number of primary amides is 1. The van der Waals surface area contributed by atoms with E-state index in [2.05, 4.69) is 11.9 Å². The van der Waals surface area contributed by atoms with Crippen molar-refractivity contribution in [2.24, 2.45) is 11.1 Å². The van der Waals surface area contributed by atoms with Crippen molar-refractivity contribution >= 4 is 23.2 Å². The molecule has 3 atom stereocenters. The zero-order valence-electron chi connectivity index (χ0n) is 13.7. The standard InChI is InChI=1S/C18H17FN3O2S/c1-9-7-18(17(20)24)8-13(18)22(9)16(23)14-15(25-10(2)21-14)11-3-5-12(19)6-4-11/h3-6,9,13H,1,7-8H2,2H3,(H2,20,24)/t9-,13-,18+/m0/s1. The summed E-state index contributed by atoms with van der Waals surface area (Å²) in [5, 5.41) is 0.749. The lowest BCUT2D eigenvalue weighted by Crippen LogP contribution is -2.37. The predicted octanol–water partition coefficient (Wildman–Crippen LogP) is 2.55. The van der Waals surface area contributed by atoms with Gasteiger partial charge in [0.15, 0.2) is 0 Å². The second-order valence-corrected chi connectivity index (χ2v) is 7.93. The maximum atomic E-state index is 13.2. The van der Waals surface area contributed by atoms with Crippen molar-refractivity contribution < 1.29 is 14.0 Å². The number of nitrogens with zero attached hydrogens (tertiary/aromatic N) is 2. The lowest BCUT2D eigenvalue weighted by Gasteiger charge is -2.23. The molecule has 1 aliphatic heterocycles. The highest BCUT2D eigenvalue weighted by Crippen LogP contribution is 2.59. The maximum absolute atomic E-state index is 13.2. The largest absolute Gasteiger partial charge is 0.369 e. The molecule has 1 saturated heterocycles. The zero-order valence-corrected chi connectivity index (χ0v) is 14.5. The van der Waals surface area contributed by atoms with Gasteiger partial charge in [-0.25, -0.2) is 9.37 Å². The minimum Gasteiger partial charge on any atom is -0.369 e. The van der Waals surface area contributed by atoms with Crippen LogP contribution in [0.4, 0.5) is 4.39 Å². The number of aryl methyl sites for hydroxylation is 1. The molecule has 0 unspecified atom stereocenters. The van der Waals surface area contributed by atoms with Gasteiger partial charge in [-0.2, -0.15) is 0 Å². The van der Waals surface area contributed by atoms with Crippen LogP contribution in [0.1, 0.15) is 28.3 Å². The lowest BCUT2D eigenvalue weighted by molar-refractivity contribution is -0.123. The molecule has 4 rings (SSSR count). The first-order valence-electron chi connectivity index (χ1n) is 8.02. The number of likely N-dealkylation sites (tertiary alicyclic amines) is 1. The molecule has 1 aromatic carbocycles. The molecular weight excluding hydrogens is 341 g/mol. The third-order valence-electron chi connectivity index (χ3n) is 5.13. The normalized spacial score (nSPS) is 27.2. The molecule has 7 heteroatoms. The first-order chi connectivity index (χ1) is 11.8. The Morgan fingerprint density at radius 1 is 1.36 bits per heavy atom. The summed E-state index contributed by atoms with van der Waals surface area (Å²) in [6.07, 6.45) is 1.09. The van der Waals surface area contributed by atoms with Crippen LogP contribution in [-0.2, 0) is 4.79 Å². The van der Waals surface area contributed by atoms with Gasteiger partial charge in [-0.1, -0.05) is 12.1 Å². The second kappa shape index (κ2) is 5.36. The summed E-state index contributed by atoms with van der Waals surface area (Å²) in [5.41, 5.74) is 5.97. The van der Waals surface area contributed by atoms with Crippen molar-refractivity contribution in [3.8, 4) is 10.4 Å². The van der Waals surface area contributed by atoms with Crippen molar-refractivity contribution in [3.05, 3.63) is 47.7 Å². The number of hydrogen-bond acceptors (Lipinski definition) is 4. The third-order valence-corrected chi connectivity index (χ3v) is 6.15. The summed E-state index contributed by atoms with van der Waals surface area (Å²) < 4.78 is 13.2. The minimum atomic E-state index is -0.622.